The number of hydrogen-bond acceptors (Lipinski definition) is 4. The van der Waals surface area contributed by atoms with Gasteiger partial charge in [-0.15, -0.1) is 0 Å². The Morgan fingerprint density at radius 2 is 0.909 bits per heavy atom. The van der Waals surface area contributed by atoms with Crippen molar-refractivity contribution in [1.82, 2.24) is 0 Å². The third-order valence-electron chi connectivity index (χ3n) is 5.79. The van der Waals surface area contributed by atoms with E-state index in [2.05, 4.69) is 23.5 Å². The third-order valence-corrected chi connectivity index (χ3v) is 9.12. The fourth-order valence-electron chi connectivity index (χ4n) is 4.34. The second-order valence-corrected chi connectivity index (χ2v) is 11.0. The summed E-state index contributed by atoms with van der Waals surface area (Å²) in [6.07, 6.45) is 16.3. The molecule has 0 aromatic rings. The zero-order chi connectivity index (χ0) is 15.4. The van der Waals surface area contributed by atoms with Crippen LogP contribution < -0.4 is 11.5 Å². The maximum absolute atomic E-state index is 6.04. The predicted octanol–water partition coefficient (Wildman–Crippen LogP) is 4.30. The number of hydrogen-bond donors (Lipinski definition) is 2. The molecule has 0 spiro atoms. The van der Waals surface area contributed by atoms with E-state index in [9.17, 15) is 0 Å². The van der Waals surface area contributed by atoms with Gasteiger partial charge in [0.25, 0.3) is 0 Å². The molecule has 0 aliphatic heterocycles. The van der Waals surface area contributed by atoms with Crippen LogP contribution in [0.15, 0.2) is 0 Å². The van der Waals surface area contributed by atoms with E-state index >= 15 is 0 Å². The van der Waals surface area contributed by atoms with Gasteiger partial charge >= 0.3 is 0 Å². The summed E-state index contributed by atoms with van der Waals surface area (Å²) in [5, 5.41) is 3.66. The van der Waals surface area contributed by atoms with Crippen molar-refractivity contribution in [3.8, 4) is 0 Å². The van der Waals surface area contributed by atoms with E-state index in [1.54, 1.807) is 0 Å². The van der Waals surface area contributed by atoms with Gasteiger partial charge in [-0.05, 0) is 70.6 Å². The lowest BCUT2D eigenvalue weighted by molar-refractivity contribution is 0.443. The minimum absolute atomic E-state index is 0.490. The van der Waals surface area contributed by atoms with Gasteiger partial charge in [0.1, 0.15) is 0 Å². The Bertz CT molecular complexity index is 293. The van der Waals surface area contributed by atoms with Crippen LogP contribution in [0.1, 0.15) is 77.0 Å². The molecule has 0 aromatic heterocycles. The van der Waals surface area contributed by atoms with Crippen molar-refractivity contribution >= 4 is 23.5 Å². The second-order valence-electron chi connectivity index (χ2n) is 7.76. The average Bonchev–Trinajstić information content (AvgIpc) is 2.52. The van der Waals surface area contributed by atoms with Crippen LogP contribution in [0.2, 0.25) is 0 Å². The molecule has 3 fully saturated rings. The zero-order valence-corrected chi connectivity index (χ0v) is 15.6. The van der Waals surface area contributed by atoms with E-state index in [0.717, 1.165) is 21.0 Å². The van der Waals surface area contributed by atoms with Crippen molar-refractivity contribution in [3.05, 3.63) is 0 Å². The topological polar surface area (TPSA) is 52.0 Å². The molecule has 4 N–H and O–H groups in total. The van der Waals surface area contributed by atoms with E-state index in [1.165, 1.54) is 77.0 Å². The summed E-state index contributed by atoms with van der Waals surface area (Å²) in [7, 11) is 0. The molecular formula is C18H34N2S2. The highest BCUT2D eigenvalue weighted by molar-refractivity contribution is 8.01. The molecule has 3 aliphatic rings. The number of nitrogens with two attached hydrogens (primary N) is 2. The fraction of sp³-hybridized carbons (Fsp3) is 1.00. The number of thioether (sulfide) groups is 2. The molecule has 3 aliphatic carbocycles. The molecule has 0 heterocycles. The summed E-state index contributed by atoms with van der Waals surface area (Å²) in [5.41, 5.74) is 12.1. The van der Waals surface area contributed by atoms with Crippen LogP contribution in [-0.4, -0.2) is 33.1 Å². The van der Waals surface area contributed by atoms with Gasteiger partial charge < -0.3 is 11.5 Å². The molecule has 0 aromatic carbocycles. The lowest BCUT2D eigenvalue weighted by Gasteiger charge is -2.35. The molecule has 3 saturated carbocycles. The summed E-state index contributed by atoms with van der Waals surface area (Å²) in [6, 6.07) is 0.980. The summed E-state index contributed by atoms with van der Waals surface area (Å²) in [5.74, 6) is 0. The maximum atomic E-state index is 6.04. The fourth-order valence-corrected chi connectivity index (χ4v) is 7.93. The van der Waals surface area contributed by atoms with Crippen LogP contribution in [0.25, 0.3) is 0 Å². The Kier molecular flexibility index (Phi) is 6.85. The standard InChI is InChI=1S/C18H34N2S2/c19-13-4-8-15(9-5-13)21-17-2-1-3-18(12-17)22-16-10-6-14(20)7-11-16/h13-18H,1-12,19-20H2. The van der Waals surface area contributed by atoms with Crippen molar-refractivity contribution < 1.29 is 0 Å². The Hall–Kier alpha value is 0.620. The first-order valence-corrected chi connectivity index (χ1v) is 11.4. The van der Waals surface area contributed by atoms with Crippen LogP contribution in [0, 0.1) is 0 Å². The summed E-state index contributed by atoms with van der Waals surface area (Å²) >= 11 is 4.64. The van der Waals surface area contributed by atoms with E-state index < -0.39 is 0 Å². The van der Waals surface area contributed by atoms with Gasteiger partial charge in [-0.1, -0.05) is 6.42 Å². The predicted molar refractivity (Wildman–Crippen MR) is 102 cm³/mol. The molecule has 0 amide bonds. The van der Waals surface area contributed by atoms with E-state index in [4.69, 9.17) is 11.5 Å². The Morgan fingerprint density at radius 1 is 0.500 bits per heavy atom. The Balaban J connectivity index is 1.39. The van der Waals surface area contributed by atoms with E-state index in [-0.39, 0.29) is 0 Å². The highest BCUT2D eigenvalue weighted by atomic mass is 32.2. The van der Waals surface area contributed by atoms with Gasteiger partial charge in [0, 0.05) is 33.1 Å². The first kappa shape index (κ1) is 17.4. The molecule has 22 heavy (non-hydrogen) atoms. The van der Waals surface area contributed by atoms with Crippen molar-refractivity contribution in [2.24, 2.45) is 11.5 Å². The molecule has 4 heteroatoms. The first-order valence-electron chi connectivity index (χ1n) is 9.51. The molecule has 2 nitrogen and oxygen atoms in total. The first-order chi connectivity index (χ1) is 10.7. The molecular weight excluding hydrogens is 308 g/mol. The lowest BCUT2D eigenvalue weighted by atomic mass is 9.96. The third kappa shape index (κ3) is 5.32. The molecule has 3 rings (SSSR count). The van der Waals surface area contributed by atoms with Gasteiger partial charge in [0.2, 0.25) is 0 Å². The van der Waals surface area contributed by atoms with Gasteiger partial charge in [0.05, 0.1) is 0 Å². The molecule has 0 saturated heterocycles. The van der Waals surface area contributed by atoms with Crippen molar-refractivity contribution in [1.29, 1.82) is 0 Å². The monoisotopic (exact) mass is 342 g/mol. The largest absolute Gasteiger partial charge is 0.328 e. The molecule has 0 radical (unpaired) electrons. The van der Waals surface area contributed by atoms with Gasteiger partial charge in [-0.25, -0.2) is 0 Å². The number of rotatable bonds is 4. The van der Waals surface area contributed by atoms with Crippen molar-refractivity contribution in [3.63, 3.8) is 0 Å². The summed E-state index contributed by atoms with van der Waals surface area (Å²) < 4.78 is 0. The van der Waals surface area contributed by atoms with Crippen LogP contribution in [0.3, 0.4) is 0 Å². The molecule has 2 unspecified atom stereocenters. The normalized spacial score (nSPS) is 43.9. The molecule has 128 valence electrons. The SMILES string of the molecule is NC1CCC(SC2CCCC(SC3CCC(N)CC3)C2)CC1. The minimum atomic E-state index is 0.490. The van der Waals surface area contributed by atoms with E-state index in [0.29, 0.717) is 12.1 Å². The Morgan fingerprint density at radius 3 is 1.32 bits per heavy atom. The average molecular weight is 343 g/mol. The Labute approximate surface area is 145 Å². The lowest BCUT2D eigenvalue weighted by Crippen LogP contribution is -2.31. The van der Waals surface area contributed by atoms with Crippen LogP contribution >= 0.6 is 23.5 Å². The van der Waals surface area contributed by atoms with Crippen LogP contribution in [0.4, 0.5) is 0 Å². The highest BCUT2D eigenvalue weighted by Crippen LogP contribution is 2.42. The summed E-state index contributed by atoms with van der Waals surface area (Å²) in [6.45, 7) is 0. The van der Waals surface area contributed by atoms with Crippen LogP contribution in [-0.2, 0) is 0 Å². The quantitative estimate of drug-likeness (QED) is 0.799. The van der Waals surface area contributed by atoms with E-state index in [1.807, 2.05) is 0 Å². The van der Waals surface area contributed by atoms with Crippen molar-refractivity contribution in [2.75, 3.05) is 0 Å². The maximum Gasteiger partial charge on any atom is 0.00603 e. The van der Waals surface area contributed by atoms with Gasteiger partial charge in [0.15, 0.2) is 0 Å². The second kappa shape index (κ2) is 8.64. The molecule has 0 bridgehead atoms. The van der Waals surface area contributed by atoms with Crippen LogP contribution in [0.5, 0.6) is 0 Å². The highest BCUT2D eigenvalue weighted by Gasteiger charge is 2.29. The summed E-state index contributed by atoms with van der Waals surface area (Å²) in [4.78, 5) is 0. The smallest absolute Gasteiger partial charge is 0.00603 e. The van der Waals surface area contributed by atoms with Crippen molar-refractivity contribution in [2.45, 2.75) is 110 Å². The van der Waals surface area contributed by atoms with Gasteiger partial charge in [-0.3, -0.25) is 0 Å². The zero-order valence-electron chi connectivity index (χ0n) is 13.9. The molecule has 2 atom stereocenters. The van der Waals surface area contributed by atoms with Gasteiger partial charge in [-0.2, -0.15) is 23.5 Å². The minimum Gasteiger partial charge on any atom is -0.328 e.